The summed E-state index contributed by atoms with van der Waals surface area (Å²) in [5.74, 6) is -0.0409. The zero-order valence-electron chi connectivity index (χ0n) is 18.0. The number of hydrogen-bond acceptors (Lipinski definition) is 3. The number of nitrogens with one attached hydrogen (secondary N) is 2. The number of rotatable bonds is 5. The van der Waals surface area contributed by atoms with Gasteiger partial charge in [-0.05, 0) is 59.5 Å². The van der Waals surface area contributed by atoms with Crippen LogP contribution in [0, 0.1) is 0 Å². The molecule has 0 aliphatic heterocycles. The predicted molar refractivity (Wildman–Crippen MR) is 128 cm³/mol. The molecule has 0 radical (unpaired) electrons. The first-order valence-corrected chi connectivity index (χ1v) is 10.6. The lowest BCUT2D eigenvalue weighted by molar-refractivity contribution is 0.101. The number of methoxy groups -OCH3 is 1. The van der Waals surface area contributed by atoms with Crippen molar-refractivity contribution < 1.29 is 14.3 Å². The van der Waals surface area contributed by atoms with Gasteiger partial charge in [0.2, 0.25) is 0 Å². The summed E-state index contributed by atoms with van der Waals surface area (Å²) in [6.07, 6.45) is 0. The number of carbonyl (C=O) groups is 2. The summed E-state index contributed by atoms with van der Waals surface area (Å²) in [4.78, 5) is 25.3. The third-order valence-electron chi connectivity index (χ3n) is 4.80. The summed E-state index contributed by atoms with van der Waals surface area (Å²) in [5.41, 5.74) is 3.32. The van der Waals surface area contributed by atoms with Gasteiger partial charge in [0.15, 0.2) is 0 Å². The molecule has 5 nitrogen and oxygen atoms in total. The Hall–Kier alpha value is -3.12. The van der Waals surface area contributed by atoms with Crippen LogP contribution in [0.4, 0.5) is 11.4 Å². The second-order valence-corrected chi connectivity index (χ2v) is 9.08. The minimum Gasteiger partial charge on any atom is -0.496 e. The van der Waals surface area contributed by atoms with Gasteiger partial charge in [0.25, 0.3) is 11.8 Å². The van der Waals surface area contributed by atoms with Gasteiger partial charge in [0.05, 0.1) is 12.7 Å². The molecule has 0 heterocycles. The highest BCUT2D eigenvalue weighted by Crippen LogP contribution is 2.25. The Balaban J connectivity index is 1.72. The summed E-state index contributed by atoms with van der Waals surface area (Å²) in [6, 6.07) is 19.8. The van der Waals surface area contributed by atoms with Gasteiger partial charge >= 0.3 is 0 Å². The molecule has 0 fully saturated rings. The molecule has 0 bridgehead atoms. The Morgan fingerprint density at radius 1 is 0.839 bits per heavy atom. The fourth-order valence-corrected chi connectivity index (χ4v) is 3.42. The van der Waals surface area contributed by atoms with E-state index < -0.39 is 0 Å². The van der Waals surface area contributed by atoms with Crippen molar-refractivity contribution in [3.05, 3.63) is 87.9 Å². The molecule has 0 saturated carbocycles. The van der Waals surface area contributed by atoms with Crippen LogP contribution in [0.3, 0.4) is 0 Å². The van der Waals surface area contributed by atoms with E-state index in [2.05, 4.69) is 47.3 Å². The molecule has 3 rings (SSSR count). The first-order valence-electron chi connectivity index (χ1n) is 9.84. The van der Waals surface area contributed by atoms with Crippen molar-refractivity contribution in [3.8, 4) is 5.75 Å². The Kier molecular flexibility index (Phi) is 6.81. The van der Waals surface area contributed by atoms with Crippen LogP contribution in [0.5, 0.6) is 5.75 Å². The van der Waals surface area contributed by atoms with Gasteiger partial charge in [-0.2, -0.15) is 0 Å². The van der Waals surface area contributed by atoms with E-state index in [-0.39, 0.29) is 17.2 Å². The normalized spacial score (nSPS) is 11.0. The second kappa shape index (κ2) is 9.35. The first-order chi connectivity index (χ1) is 14.7. The smallest absolute Gasteiger partial charge is 0.259 e. The van der Waals surface area contributed by atoms with Gasteiger partial charge in [-0.3, -0.25) is 9.59 Å². The summed E-state index contributed by atoms with van der Waals surface area (Å²) >= 11 is 3.37. The standard InChI is InChI=1S/C25H25BrN2O3/c1-25(2,3)17-10-8-16(9-11-17)23(29)27-19-6-5-7-20(15-19)28-24(30)21-14-18(26)12-13-22(21)31-4/h5-15H,1-4H3,(H,27,29)(H,28,30). The van der Waals surface area contributed by atoms with Crippen LogP contribution in [0.2, 0.25) is 0 Å². The molecule has 0 unspecified atom stereocenters. The maximum atomic E-state index is 12.7. The highest BCUT2D eigenvalue weighted by Gasteiger charge is 2.15. The van der Waals surface area contributed by atoms with Crippen LogP contribution in [-0.2, 0) is 5.41 Å². The maximum absolute atomic E-state index is 12.7. The molecule has 31 heavy (non-hydrogen) atoms. The minimum atomic E-state index is -0.306. The van der Waals surface area contributed by atoms with Crippen molar-refractivity contribution in [1.29, 1.82) is 0 Å². The highest BCUT2D eigenvalue weighted by molar-refractivity contribution is 9.10. The van der Waals surface area contributed by atoms with E-state index in [1.165, 1.54) is 7.11 Å². The van der Waals surface area contributed by atoms with Gasteiger partial charge in [-0.1, -0.05) is 54.9 Å². The average Bonchev–Trinajstić information content (AvgIpc) is 2.73. The summed E-state index contributed by atoms with van der Waals surface area (Å²) in [5, 5.41) is 5.73. The number of amides is 2. The van der Waals surface area contributed by atoms with Crippen molar-refractivity contribution in [3.63, 3.8) is 0 Å². The summed E-state index contributed by atoms with van der Waals surface area (Å²) in [6.45, 7) is 6.39. The fraction of sp³-hybridized carbons (Fsp3) is 0.200. The van der Waals surface area contributed by atoms with Crippen molar-refractivity contribution in [2.24, 2.45) is 0 Å². The van der Waals surface area contributed by atoms with Crippen molar-refractivity contribution in [2.45, 2.75) is 26.2 Å². The number of anilines is 2. The molecule has 160 valence electrons. The Morgan fingerprint density at radius 2 is 1.45 bits per heavy atom. The number of ether oxygens (including phenoxy) is 1. The predicted octanol–water partition coefficient (Wildman–Crippen LogP) is 6.26. The first kappa shape index (κ1) is 22.6. The lowest BCUT2D eigenvalue weighted by Gasteiger charge is -2.19. The van der Waals surface area contributed by atoms with Crippen molar-refractivity contribution in [1.82, 2.24) is 0 Å². The van der Waals surface area contributed by atoms with Gasteiger partial charge in [-0.25, -0.2) is 0 Å². The molecular weight excluding hydrogens is 456 g/mol. The topological polar surface area (TPSA) is 67.4 Å². The average molecular weight is 481 g/mol. The Labute approximate surface area is 191 Å². The summed E-state index contributed by atoms with van der Waals surface area (Å²) in [7, 11) is 1.52. The van der Waals surface area contributed by atoms with Gasteiger partial charge in [-0.15, -0.1) is 0 Å². The van der Waals surface area contributed by atoms with Gasteiger partial charge in [0, 0.05) is 21.4 Å². The molecular formula is C25H25BrN2O3. The largest absolute Gasteiger partial charge is 0.496 e. The molecule has 6 heteroatoms. The molecule has 0 saturated heterocycles. The van der Waals surface area contributed by atoms with E-state index in [0.29, 0.717) is 28.3 Å². The Bertz CT molecular complexity index is 1100. The number of hydrogen-bond donors (Lipinski definition) is 2. The fourth-order valence-electron chi connectivity index (χ4n) is 3.06. The molecule has 0 aromatic heterocycles. The zero-order chi connectivity index (χ0) is 22.6. The minimum absolute atomic E-state index is 0.0264. The van der Waals surface area contributed by atoms with E-state index in [1.807, 2.05) is 24.3 Å². The monoisotopic (exact) mass is 480 g/mol. The SMILES string of the molecule is COc1ccc(Br)cc1C(=O)Nc1cccc(NC(=O)c2ccc(C(C)(C)C)cc2)c1. The van der Waals surface area contributed by atoms with E-state index in [1.54, 1.807) is 42.5 Å². The molecule has 3 aromatic rings. The molecule has 0 aliphatic rings. The van der Waals surface area contributed by atoms with E-state index in [0.717, 1.165) is 10.0 Å². The molecule has 3 aromatic carbocycles. The maximum Gasteiger partial charge on any atom is 0.259 e. The molecule has 2 N–H and O–H groups in total. The number of halogens is 1. The lowest BCUT2D eigenvalue weighted by atomic mass is 9.87. The van der Waals surface area contributed by atoms with Crippen LogP contribution in [-0.4, -0.2) is 18.9 Å². The van der Waals surface area contributed by atoms with Crippen molar-refractivity contribution >= 4 is 39.1 Å². The molecule has 0 aliphatic carbocycles. The van der Waals surface area contributed by atoms with E-state index >= 15 is 0 Å². The third kappa shape index (κ3) is 5.73. The second-order valence-electron chi connectivity index (χ2n) is 8.16. The van der Waals surface area contributed by atoms with Crippen LogP contribution >= 0.6 is 15.9 Å². The van der Waals surface area contributed by atoms with Crippen LogP contribution in [0.15, 0.2) is 71.2 Å². The lowest BCUT2D eigenvalue weighted by Crippen LogP contribution is -2.15. The van der Waals surface area contributed by atoms with E-state index in [9.17, 15) is 9.59 Å². The van der Waals surface area contributed by atoms with Crippen LogP contribution in [0.1, 0.15) is 47.1 Å². The van der Waals surface area contributed by atoms with Crippen LogP contribution in [0.25, 0.3) is 0 Å². The van der Waals surface area contributed by atoms with Gasteiger partial charge < -0.3 is 15.4 Å². The van der Waals surface area contributed by atoms with Gasteiger partial charge in [0.1, 0.15) is 5.75 Å². The van der Waals surface area contributed by atoms with E-state index in [4.69, 9.17) is 4.74 Å². The molecule has 0 atom stereocenters. The molecule has 0 spiro atoms. The molecule has 2 amide bonds. The number of carbonyl (C=O) groups excluding carboxylic acids is 2. The summed E-state index contributed by atoms with van der Waals surface area (Å²) < 4.78 is 6.05. The quantitative estimate of drug-likeness (QED) is 0.452. The van der Waals surface area contributed by atoms with Crippen molar-refractivity contribution in [2.75, 3.05) is 17.7 Å². The zero-order valence-corrected chi connectivity index (χ0v) is 19.5. The van der Waals surface area contributed by atoms with Crippen LogP contribution < -0.4 is 15.4 Å². The highest BCUT2D eigenvalue weighted by atomic mass is 79.9. The number of benzene rings is 3. The Morgan fingerprint density at radius 3 is 2.03 bits per heavy atom. The third-order valence-corrected chi connectivity index (χ3v) is 5.29.